The number of nitrogens with zero attached hydrogens (tertiary/aromatic N) is 2. The van der Waals surface area contributed by atoms with Crippen LogP contribution in [0, 0.1) is 28.1 Å². The van der Waals surface area contributed by atoms with Gasteiger partial charge in [-0.3, -0.25) is 43.3 Å². The number of anilines is 1. The minimum Gasteiger partial charge on any atom is -0.380 e. The standard InChI is InChI=1S/C64H98N10O12S/c1-17-64(14,38-86-37-62(10,11)36-74-50(76)31-32-51(74)77)35-49(75)70-52(40(4)5)57(80)69-46(28-23-33-67-60(65)83)56(79)68-45-29-30-48(44-27-22-21-26-43(44)45)87(84,85)72-55(78)41(6)34-47(39(2)3)73(16)59(82)54(61(7,8)9)71-58(81)53(66-15)63(12,13)42-24-19-18-20-25-42/h18-20,24-25,29-32,34,39-40,46-47,52-54,66H,17,21-23,26-28,33,35-38H2,1-16H3,(H,68,79)(H,69,80)(H,70,75)(H,71,81)(H,72,78)(H3,65,67,83). The first-order valence-electron chi connectivity index (χ1n) is 30.2. The Balaban J connectivity index is 1.52. The molecule has 0 saturated heterocycles. The molecule has 2 aromatic rings. The average molecular weight is 1230 g/mol. The van der Waals surface area contributed by atoms with Gasteiger partial charge in [-0.2, -0.15) is 0 Å². The van der Waals surface area contributed by atoms with Crippen LogP contribution in [-0.4, -0.2) is 142 Å². The fourth-order valence-corrected chi connectivity index (χ4v) is 12.3. The van der Waals surface area contributed by atoms with Gasteiger partial charge in [0.1, 0.15) is 18.1 Å². The number of benzene rings is 2. The quantitative estimate of drug-likeness (QED) is 0.0256. The molecule has 23 heteroatoms. The zero-order chi connectivity index (χ0) is 65.6. The Bertz CT molecular complexity index is 2990. The van der Waals surface area contributed by atoms with Crippen molar-refractivity contribution in [2.75, 3.05) is 45.7 Å². The van der Waals surface area contributed by atoms with Gasteiger partial charge in [-0.25, -0.2) is 17.9 Å². The number of hydrogen-bond donors (Lipinski definition) is 8. The van der Waals surface area contributed by atoms with E-state index in [0.717, 1.165) is 10.5 Å². The zero-order valence-corrected chi connectivity index (χ0v) is 54.9. The van der Waals surface area contributed by atoms with Gasteiger partial charge in [-0.05, 0) is 110 Å². The summed E-state index contributed by atoms with van der Waals surface area (Å²) in [6.07, 6.45) is 6.74. The number of nitrogens with two attached hydrogens (primary N) is 1. The van der Waals surface area contributed by atoms with Crippen molar-refractivity contribution in [3.05, 3.63) is 83.0 Å². The molecule has 4 rings (SSSR count). The molecule has 0 bridgehead atoms. The van der Waals surface area contributed by atoms with Crippen molar-refractivity contribution in [1.29, 1.82) is 0 Å². The summed E-state index contributed by atoms with van der Waals surface area (Å²) >= 11 is 0. The number of carbonyl (C=O) groups is 9. The van der Waals surface area contributed by atoms with Gasteiger partial charge in [0.05, 0.1) is 30.2 Å². The van der Waals surface area contributed by atoms with E-state index < -0.39 is 103 Å². The molecular weight excluding hydrogens is 1130 g/mol. The molecule has 0 saturated carbocycles. The van der Waals surface area contributed by atoms with E-state index in [1.54, 1.807) is 34.0 Å². The zero-order valence-electron chi connectivity index (χ0n) is 54.1. The molecular formula is C64H98N10O12S. The van der Waals surface area contributed by atoms with Crippen molar-refractivity contribution >= 4 is 69.0 Å². The van der Waals surface area contributed by atoms with Crippen molar-refractivity contribution in [2.45, 2.75) is 189 Å². The monoisotopic (exact) mass is 1230 g/mol. The van der Waals surface area contributed by atoms with E-state index >= 15 is 0 Å². The third kappa shape index (κ3) is 20.0. The molecule has 2 aromatic carbocycles. The summed E-state index contributed by atoms with van der Waals surface area (Å²) in [6, 6.07) is 6.90. The lowest BCUT2D eigenvalue weighted by Gasteiger charge is -2.40. The third-order valence-electron chi connectivity index (χ3n) is 16.5. The van der Waals surface area contributed by atoms with Crippen molar-refractivity contribution in [1.82, 2.24) is 41.1 Å². The second-order valence-corrected chi connectivity index (χ2v) is 28.4. The van der Waals surface area contributed by atoms with Crippen molar-refractivity contribution in [3.63, 3.8) is 0 Å². The van der Waals surface area contributed by atoms with Crippen LogP contribution < -0.4 is 42.4 Å². The molecule has 9 N–H and O–H groups in total. The van der Waals surface area contributed by atoms with Gasteiger partial charge < -0.3 is 47.3 Å². The molecule has 87 heavy (non-hydrogen) atoms. The maximum atomic E-state index is 14.6. The topological polar surface area (TPSA) is 314 Å². The number of carbonyl (C=O) groups excluding carboxylic acids is 9. The smallest absolute Gasteiger partial charge is 0.312 e. The summed E-state index contributed by atoms with van der Waals surface area (Å²) in [6.45, 7) is 26.3. The average Bonchev–Trinajstić information content (AvgIpc) is 2.84. The Morgan fingerprint density at radius 1 is 0.782 bits per heavy atom. The Kier molecular flexibility index (Phi) is 25.6. The number of rotatable bonds is 31. The van der Waals surface area contributed by atoms with Gasteiger partial charge in [-0.1, -0.05) is 126 Å². The predicted octanol–water partition coefficient (Wildman–Crippen LogP) is 5.68. The van der Waals surface area contributed by atoms with Gasteiger partial charge in [0, 0.05) is 60.8 Å². The molecule has 22 nitrogen and oxygen atoms in total. The molecule has 6 unspecified atom stereocenters. The van der Waals surface area contributed by atoms with Crippen molar-refractivity contribution in [3.8, 4) is 0 Å². The van der Waals surface area contributed by atoms with Gasteiger partial charge in [-0.15, -0.1) is 0 Å². The molecule has 0 spiro atoms. The number of sulfonamides is 1. The molecule has 2 aliphatic rings. The van der Waals surface area contributed by atoms with E-state index in [1.165, 1.54) is 36.1 Å². The van der Waals surface area contributed by atoms with Crippen LogP contribution in [0.5, 0.6) is 0 Å². The van der Waals surface area contributed by atoms with Gasteiger partial charge in [0.25, 0.3) is 27.7 Å². The number of hydrogen-bond acceptors (Lipinski definition) is 13. The fourth-order valence-electron chi connectivity index (χ4n) is 11.0. The highest BCUT2D eigenvalue weighted by Crippen LogP contribution is 2.35. The summed E-state index contributed by atoms with van der Waals surface area (Å²) in [5.74, 6) is -4.88. The third-order valence-corrected chi connectivity index (χ3v) is 17.9. The number of ether oxygens (including phenoxy) is 1. The first-order chi connectivity index (χ1) is 40.4. The number of nitrogens with one attached hydrogen (secondary N) is 7. The summed E-state index contributed by atoms with van der Waals surface area (Å²) in [7, 11) is -1.25. The number of imide groups is 1. The van der Waals surface area contributed by atoms with E-state index in [0.29, 0.717) is 48.9 Å². The van der Waals surface area contributed by atoms with E-state index in [4.69, 9.17) is 10.5 Å². The van der Waals surface area contributed by atoms with Crippen LogP contribution in [0.3, 0.4) is 0 Å². The van der Waals surface area contributed by atoms with E-state index in [2.05, 4.69) is 36.6 Å². The van der Waals surface area contributed by atoms with Crippen LogP contribution in [0.15, 0.2) is 71.2 Å². The Morgan fingerprint density at radius 3 is 1.94 bits per heavy atom. The second kappa shape index (κ2) is 30.8. The van der Waals surface area contributed by atoms with E-state index in [-0.39, 0.29) is 79.7 Å². The first-order valence-corrected chi connectivity index (χ1v) is 31.6. The summed E-state index contributed by atoms with van der Waals surface area (Å²) in [4.78, 5) is 123. The van der Waals surface area contributed by atoms with Crippen LogP contribution in [0.25, 0.3) is 0 Å². The second-order valence-electron chi connectivity index (χ2n) is 26.7. The van der Waals surface area contributed by atoms with Gasteiger partial charge in [0.15, 0.2) is 0 Å². The fraction of sp³-hybridized carbons (Fsp3) is 0.609. The lowest BCUT2D eigenvalue weighted by Crippen LogP contribution is -2.61. The van der Waals surface area contributed by atoms with Crippen LogP contribution in [-0.2, 0) is 71.4 Å². The van der Waals surface area contributed by atoms with Crippen LogP contribution in [0.4, 0.5) is 10.5 Å². The molecule has 1 aliphatic heterocycles. The minimum absolute atomic E-state index is 0.0136. The molecule has 6 atom stereocenters. The SMILES string of the molecule is CCC(C)(COCC(C)(C)CN1C(=O)C=CC1=O)CC(=O)NC(C(=O)NC(CCCNC(N)=O)C(=O)Nc1ccc(S(=O)(=O)NC(=O)C(C)=CC(C(C)C)N(C)C(=O)C(NC(=O)C(NC)C(C)(C)c2ccccc2)C(C)(C)C)c2c1CCCC2)C(C)C. The number of urea groups is 1. The lowest BCUT2D eigenvalue weighted by molar-refractivity contribution is -0.141. The Labute approximate surface area is 515 Å². The highest BCUT2D eigenvalue weighted by atomic mass is 32.2. The summed E-state index contributed by atoms with van der Waals surface area (Å²) < 4.78 is 37.0. The molecule has 0 fully saturated rings. The van der Waals surface area contributed by atoms with Gasteiger partial charge in [0.2, 0.25) is 29.5 Å². The maximum absolute atomic E-state index is 14.6. The molecule has 1 aliphatic carbocycles. The van der Waals surface area contributed by atoms with E-state index in [9.17, 15) is 51.6 Å². The molecule has 1 heterocycles. The molecule has 482 valence electrons. The highest BCUT2D eigenvalue weighted by molar-refractivity contribution is 7.90. The number of likely N-dealkylation sites (N-methyl/N-ethyl adjacent to an activating group) is 2. The maximum Gasteiger partial charge on any atom is 0.312 e. The normalized spacial score (nSPS) is 16.4. The Morgan fingerprint density at radius 2 is 1.39 bits per heavy atom. The van der Waals surface area contributed by atoms with Crippen LogP contribution in [0.2, 0.25) is 0 Å². The number of primary amides is 1. The van der Waals surface area contributed by atoms with Crippen LogP contribution in [0.1, 0.15) is 152 Å². The number of fused-ring (bicyclic) bond motifs is 1. The minimum atomic E-state index is -4.54. The highest BCUT2D eigenvalue weighted by Gasteiger charge is 2.42. The molecule has 0 aromatic heterocycles. The predicted molar refractivity (Wildman–Crippen MR) is 335 cm³/mol. The van der Waals surface area contributed by atoms with Crippen molar-refractivity contribution in [2.24, 2.45) is 33.8 Å². The molecule has 0 radical (unpaired) electrons. The van der Waals surface area contributed by atoms with Gasteiger partial charge >= 0.3 is 6.03 Å². The largest absolute Gasteiger partial charge is 0.380 e. The van der Waals surface area contributed by atoms with Crippen molar-refractivity contribution < 1.29 is 56.3 Å². The Hall–Kier alpha value is -6.98. The number of amides is 10. The lowest BCUT2D eigenvalue weighted by atomic mass is 9.76. The first kappa shape index (κ1) is 72.5. The van der Waals surface area contributed by atoms with E-state index in [1.807, 2.05) is 106 Å². The summed E-state index contributed by atoms with van der Waals surface area (Å²) in [5, 5.41) is 17.2. The summed E-state index contributed by atoms with van der Waals surface area (Å²) in [5.41, 5.74) is 4.85. The van der Waals surface area contributed by atoms with Crippen LogP contribution >= 0.6 is 0 Å². The molecule has 10 amide bonds.